The van der Waals surface area contributed by atoms with Gasteiger partial charge in [0.05, 0.1) is 5.56 Å². The van der Waals surface area contributed by atoms with Crippen molar-refractivity contribution in [3.05, 3.63) is 29.3 Å². The smallest absolute Gasteiger partial charge is 0.335 e. The molecule has 1 aromatic carbocycles. The minimum Gasteiger partial charge on any atom is -0.478 e. The molecule has 1 aliphatic heterocycles. The van der Waals surface area contributed by atoms with Crippen molar-refractivity contribution in [1.29, 1.82) is 0 Å². The Hall–Kier alpha value is -2.08. The molecule has 2 N–H and O–H groups in total. The normalized spacial score (nSPS) is 15.8. The third-order valence-electron chi connectivity index (χ3n) is 3.82. The monoisotopic (exact) mass is 291 g/mol. The van der Waals surface area contributed by atoms with Gasteiger partial charge < -0.3 is 20.2 Å². The van der Waals surface area contributed by atoms with Crippen LogP contribution in [0.15, 0.2) is 18.2 Å². The summed E-state index contributed by atoms with van der Waals surface area (Å²) < 4.78 is 0. The van der Waals surface area contributed by atoms with Crippen molar-refractivity contribution >= 4 is 17.7 Å². The number of carbonyl (C=O) groups excluding carboxylic acids is 1. The quantitative estimate of drug-likeness (QED) is 0.891. The maximum absolute atomic E-state index is 12.2. The van der Waals surface area contributed by atoms with Gasteiger partial charge in [-0.15, -0.1) is 0 Å². The molecule has 0 atom stereocenters. The molecule has 21 heavy (non-hydrogen) atoms. The fourth-order valence-corrected chi connectivity index (χ4v) is 2.40. The van der Waals surface area contributed by atoms with E-state index in [0.29, 0.717) is 18.8 Å². The fourth-order valence-electron chi connectivity index (χ4n) is 2.40. The summed E-state index contributed by atoms with van der Waals surface area (Å²) in [5.41, 5.74) is 1.63. The first kappa shape index (κ1) is 15.3. The molecule has 114 valence electrons. The maximum Gasteiger partial charge on any atom is 0.335 e. The molecule has 1 heterocycles. The van der Waals surface area contributed by atoms with E-state index in [1.807, 2.05) is 0 Å². The van der Waals surface area contributed by atoms with Crippen LogP contribution >= 0.6 is 0 Å². The number of benzene rings is 1. The number of likely N-dealkylation sites (N-methyl/N-ethyl adjacent to an activating group) is 1. The summed E-state index contributed by atoms with van der Waals surface area (Å²) in [5.74, 6) is -0.966. The average Bonchev–Trinajstić information content (AvgIpc) is 2.49. The van der Waals surface area contributed by atoms with Crippen LogP contribution in [0.3, 0.4) is 0 Å². The number of hydrogen-bond acceptors (Lipinski definition) is 3. The first-order chi connectivity index (χ1) is 10.0. The highest BCUT2D eigenvalue weighted by Crippen LogP contribution is 2.17. The van der Waals surface area contributed by atoms with Crippen LogP contribution in [0, 0.1) is 6.92 Å². The molecular weight excluding hydrogens is 270 g/mol. The van der Waals surface area contributed by atoms with Gasteiger partial charge in [-0.3, -0.25) is 0 Å². The number of rotatable bonds is 3. The number of anilines is 1. The summed E-state index contributed by atoms with van der Waals surface area (Å²) in [6.07, 6.45) is 0. The molecular formula is C15H21N3O3. The zero-order valence-corrected chi connectivity index (χ0v) is 12.4. The van der Waals surface area contributed by atoms with Crippen molar-refractivity contribution in [2.24, 2.45) is 0 Å². The summed E-state index contributed by atoms with van der Waals surface area (Å²) in [5, 5.41) is 11.8. The number of carbonyl (C=O) groups is 2. The average molecular weight is 291 g/mol. The van der Waals surface area contributed by atoms with Gasteiger partial charge in [-0.1, -0.05) is 6.92 Å². The first-order valence-electron chi connectivity index (χ1n) is 7.13. The van der Waals surface area contributed by atoms with Gasteiger partial charge in [-0.2, -0.15) is 0 Å². The topological polar surface area (TPSA) is 72.9 Å². The van der Waals surface area contributed by atoms with Crippen LogP contribution in [0.1, 0.15) is 22.8 Å². The minimum absolute atomic E-state index is 0.128. The van der Waals surface area contributed by atoms with Crippen LogP contribution in [-0.4, -0.2) is 59.6 Å². The van der Waals surface area contributed by atoms with Crippen molar-refractivity contribution in [2.45, 2.75) is 13.8 Å². The van der Waals surface area contributed by atoms with Crippen LogP contribution < -0.4 is 5.32 Å². The van der Waals surface area contributed by atoms with E-state index < -0.39 is 5.97 Å². The number of nitrogens with zero attached hydrogens (tertiary/aromatic N) is 2. The van der Waals surface area contributed by atoms with E-state index >= 15 is 0 Å². The van der Waals surface area contributed by atoms with Crippen LogP contribution in [0.4, 0.5) is 10.5 Å². The third kappa shape index (κ3) is 3.72. The Morgan fingerprint density at radius 1 is 1.24 bits per heavy atom. The maximum atomic E-state index is 12.2. The second-order valence-electron chi connectivity index (χ2n) is 5.19. The minimum atomic E-state index is -0.966. The van der Waals surface area contributed by atoms with Gasteiger partial charge in [0.1, 0.15) is 0 Å². The van der Waals surface area contributed by atoms with E-state index in [1.165, 1.54) is 6.07 Å². The Morgan fingerprint density at radius 2 is 1.90 bits per heavy atom. The molecule has 6 heteroatoms. The van der Waals surface area contributed by atoms with Crippen LogP contribution in [0.25, 0.3) is 0 Å². The molecule has 0 saturated carbocycles. The Labute approximate surface area is 124 Å². The van der Waals surface area contributed by atoms with E-state index in [1.54, 1.807) is 24.0 Å². The molecule has 1 aromatic rings. The molecule has 6 nitrogen and oxygen atoms in total. The lowest BCUT2D eigenvalue weighted by molar-refractivity contribution is 0.0697. The zero-order valence-electron chi connectivity index (χ0n) is 12.4. The molecule has 0 unspecified atom stereocenters. The van der Waals surface area contributed by atoms with Gasteiger partial charge in [0.25, 0.3) is 0 Å². The van der Waals surface area contributed by atoms with Crippen molar-refractivity contribution in [3.8, 4) is 0 Å². The molecule has 1 fully saturated rings. The number of nitrogens with one attached hydrogen (secondary N) is 1. The van der Waals surface area contributed by atoms with Crippen molar-refractivity contribution in [2.75, 3.05) is 38.0 Å². The van der Waals surface area contributed by atoms with Crippen LogP contribution in [0.5, 0.6) is 0 Å². The number of aromatic carboxylic acids is 1. The van der Waals surface area contributed by atoms with Gasteiger partial charge >= 0.3 is 12.0 Å². The molecule has 0 aromatic heterocycles. The molecule has 2 rings (SSSR count). The summed E-state index contributed by atoms with van der Waals surface area (Å²) in [6, 6.07) is 4.57. The lowest BCUT2D eigenvalue weighted by Gasteiger charge is -2.34. The number of amides is 2. The summed E-state index contributed by atoms with van der Waals surface area (Å²) in [4.78, 5) is 27.2. The lowest BCUT2D eigenvalue weighted by Crippen LogP contribution is -2.49. The lowest BCUT2D eigenvalue weighted by atomic mass is 10.1. The largest absolute Gasteiger partial charge is 0.478 e. The highest BCUT2D eigenvalue weighted by Gasteiger charge is 2.20. The second kappa shape index (κ2) is 6.58. The van der Waals surface area contributed by atoms with Crippen molar-refractivity contribution < 1.29 is 14.7 Å². The Morgan fingerprint density at radius 3 is 2.43 bits per heavy atom. The fraction of sp³-hybridized carbons (Fsp3) is 0.467. The Balaban J connectivity index is 1.98. The highest BCUT2D eigenvalue weighted by molar-refractivity contribution is 5.92. The number of carboxylic acid groups (broad SMARTS) is 1. The number of hydrogen-bond donors (Lipinski definition) is 2. The summed E-state index contributed by atoms with van der Waals surface area (Å²) in [6.45, 7) is 8.12. The molecule has 1 saturated heterocycles. The number of piperazine rings is 1. The number of urea groups is 1. The van der Waals surface area contributed by atoms with Crippen molar-refractivity contribution in [3.63, 3.8) is 0 Å². The Kier molecular flexibility index (Phi) is 4.80. The predicted molar refractivity (Wildman–Crippen MR) is 80.8 cm³/mol. The van der Waals surface area contributed by atoms with E-state index in [4.69, 9.17) is 5.11 Å². The second-order valence-corrected chi connectivity index (χ2v) is 5.19. The standard InChI is InChI=1S/C15H21N3O3/c1-3-17-6-8-18(9-7-17)15(21)16-13-5-4-12(14(19)20)10-11(13)2/h4-5,10H,3,6-9H2,1-2H3,(H,16,21)(H,19,20). The number of aryl methyl sites for hydroxylation is 1. The highest BCUT2D eigenvalue weighted by atomic mass is 16.4. The molecule has 0 spiro atoms. The van der Waals surface area contributed by atoms with Gasteiger partial charge in [-0.05, 0) is 37.2 Å². The van der Waals surface area contributed by atoms with Gasteiger partial charge in [-0.25, -0.2) is 9.59 Å². The van der Waals surface area contributed by atoms with Gasteiger partial charge in [0.15, 0.2) is 0 Å². The van der Waals surface area contributed by atoms with Crippen LogP contribution in [-0.2, 0) is 0 Å². The SMILES string of the molecule is CCN1CCN(C(=O)Nc2ccc(C(=O)O)cc2C)CC1. The van der Waals surface area contributed by atoms with Crippen LogP contribution in [0.2, 0.25) is 0 Å². The van der Waals surface area contributed by atoms with Gasteiger partial charge in [0.2, 0.25) is 0 Å². The summed E-state index contributed by atoms with van der Waals surface area (Å²) in [7, 11) is 0. The van der Waals surface area contributed by atoms with E-state index in [2.05, 4.69) is 17.1 Å². The molecule has 0 aliphatic carbocycles. The molecule has 1 aliphatic rings. The van der Waals surface area contributed by atoms with E-state index in [-0.39, 0.29) is 11.6 Å². The van der Waals surface area contributed by atoms with Crippen molar-refractivity contribution in [1.82, 2.24) is 9.80 Å². The summed E-state index contributed by atoms with van der Waals surface area (Å²) >= 11 is 0. The van der Waals surface area contributed by atoms with E-state index in [9.17, 15) is 9.59 Å². The van der Waals surface area contributed by atoms with E-state index in [0.717, 1.165) is 25.2 Å². The third-order valence-corrected chi connectivity index (χ3v) is 3.82. The number of carboxylic acids is 1. The van der Waals surface area contributed by atoms with Gasteiger partial charge in [0, 0.05) is 31.9 Å². The predicted octanol–water partition coefficient (Wildman–Crippen LogP) is 1.86. The molecule has 0 radical (unpaired) electrons. The molecule has 0 bridgehead atoms. The first-order valence-corrected chi connectivity index (χ1v) is 7.13. The zero-order chi connectivity index (χ0) is 15.4. The molecule has 2 amide bonds. The Bertz CT molecular complexity index is 537.